The number of hydrogen-bond acceptors (Lipinski definition) is 4. The van der Waals surface area contributed by atoms with Gasteiger partial charge in [-0.25, -0.2) is 8.42 Å². The lowest BCUT2D eigenvalue weighted by atomic mass is 10.0. The first-order chi connectivity index (χ1) is 13.9. The van der Waals surface area contributed by atoms with Gasteiger partial charge in [0.1, 0.15) is 12.3 Å². The molecule has 1 aliphatic heterocycles. The first kappa shape index (κ1) is 21.2. The number of sulfonamides is 1. The molecule has 1 saturated heterocycles. The van der Waals surface area contributed by atoms with Gasteiger partial charge in [-0.2, -0.15) is 0 Å². The molecule has 1 atom stereocenters. The van der Waals surface area contributed by atoms with Crippen molar-refractivity contribution in [3.05, 3.63) is 54.6 Å². The third-order valence-corrected chi connectivity index (χ3v) is 6.84. The average molecular weight is 417 g/mol. The zero-order valence-corrected chi connectivity index (χ0v) is 17.8. The Balaban J connectivity index is 1.89. The molecule has 0 N–H and O–H groups in total. The van der Waals surface area contributed by atoms with Gasteiger partial charge >= 0.3 is 0 Å². The molecule has 7 heteroatoms. The smallest absolute Gasteiger partial charge is 0.264 e. The van der Waals surface area contributed by atoms with Crippen LogP contribution in [0, 0.1) is 5.92 Å². The molecule has 0 aromatic heterocycles. The quantitative estimate of drug-likeness (QED) is 0.692. The van der Waals surface area contributed by atoms with Gasteiger partial charge in [-0.15, -0.1) is 0 Å². The van der Waals surface area contributed by atoms with Gasteiger partial charge in [-0.3, -0.25) is 9.10 Å². The molecule has 1 aliphatic rings. The number of piperidine rings is 1. The first-order valence-electron chi connectivity index (χ1n) is 10.00. The molecular formula is C22H28N2O4S. The van der Waals surface area contributed by atoms with Crippen LogP contribution in [0.5, 0.6) is 5.75 Å². The van der Waals surface area contributed by atoms with Crippen molar-refractivity contribution in [1.82, 2.24) is 4.90 Å². The first-order valence-corrected chi connectivity index (χ1v) is 11.4. The maximum absolute atomic E-state index is 13.4. The summed E-state index contributed by atoms with van der Waals surface area (Å²) in [7, 11) is -3.90. The van der Waals surface area contributed by atoms with Crippen LogP contribution < -0.4 is 9.04 Å². The molecule has 0 spiro atoms. The van der Waals surface area contributed by atoms with E-state index in [2.05, 4.69) is 6.92 Å². The molecule has 0 unspecified atom stereocenters. The van der Waals surface area contributed by atoms with Crippen LogP contribution in [0.15, 0.2) is 59.5 Å². The number of nitrogens with zero attached hydrogens (tertiary/aromatic N) is 2. The fraction of sp³-hybridized carbons (Fsp3) is 0.409. The topological polar surface area (TPSA) is 66.9 Å². The van der Waals surface area contributed by atoms with Crippen molar-refractivity contribution < 1.29 is 17.9 Å². The number of amides is 1. The van der Waals surface area contributed by atoms with Crippen LogP contribution >= 0.6 is 0 Å². The summed E-state index contributed by atoms with van der Waals surface area (Å²) >= 11 is 0. The minimum Gasteiger partial charge on any atom is -0.494 e. The van der Waals surface area contributed by atoms with Crippen LogP contribution in [0.25, 0.3) is 0 Å². The Kier molecular flexibility index (Phi) is 6.79. The van der Waals surface area contributed by atoms with E-state index in [1.165, 1.54) is 16.4 Å². The molecule has 0 saturated carbocycles. The summed E-state index contributed by atoms with van der Waals surface area (Å²) in [4.78, 5) is 14.8. The molecule has 0 radical (unpaired) electrons. The summed E-state index contributed by atoms with van der Waals surface area (Å²) in [6, 6.07) is 15.1. The van der Waals surface area contributed by atoms with E-state index in [0.717, 1.165) is 12.8 Å². The second kappa shape index (κ2) is 9.31. The van der Waals surface area contributed by atoms with Gasteiger partial charge in [0.2, 0.25) is 5.91 Å². The average Bonchev–Trinajstić information content (AvgIpc) is 2.73. The Morgan fingerprint density at radius 3 is 2.45 bits per heavy atom. The number of carbonyl (C=O) groups excluding carboxylic acids is 1. The zero-order chi connectivity index (χ0) is 20.9. The normalized spacial score (nSPS) is 17.0. The maximum atomic E-state index is 13.4. The Morgan fingerprint density at radius 2 is 1.83 bits per heavy atom. The number of likely N-dealkylation sites (tertiary alicyclic amines) is 1. The predicted molar refractivity (Wildman–Crippen MR) is 114 cm³/mol. The molecule has 1 heterocycles. The van der Waals surface area contributed by atoms with Crippen molar-refractivity contribution in [1.29, 1.82) is 0 Å². The second-order valence-corrected chi connectivity index (χ2v) is 9.20. The third kappa shape index (κ3) is 5.09. The maximum Gasteiger partial charge on any atom is 0.264 e. The lowest BCUT2D eigenvalue weighted by Crippen LogP contribution is -2.46. The van der Waals surface area contributed by atoms with Gasteiger partial charge in [0.05, 0.1) is 17.2 Å². The lowest BCUT2D eigenvalue weighted by molar-refractivity contribution is -0.131. The third-order valence-electron chi connectivity index (χ3n) is 5.06. The van der Waals surface area contributed by atoms with Crippen LogP contribution in [0.4, 0.5) is 5.69 Å². The van der Waals surface area contributed by atoms with E-state index in [0.29, 0.717) is 37.1 Å². The largest absolute Gasteiger partial charge is 0.494 e. The number of benzene rings is 2. The molecule has 156 valence electrons. The van der Waals surface area contributed by atoms with Crippen molar-refractivity contribution in [2.24, 2.45) is 5.92 Å². The monoisotopic (exact) mass is 416 g/mol. The van der Waals surface area contributed by atoms with E-state index < -0.39 is 10.0 Å². The highest BCUT2D eigenvalue weighted by molar-refractivity contribution is 7.92. The molecule has 6 nitrogen and oxygen atoms in total. The Morgan fingerprint density at radius 1 is 1.14 bits per heavy atom. The van der Waals surface area contributed by atoms with Gasteiger partial charge < -0.3 is 9.64 Å². The van der Waals surface area contributed by atoms with E-state index in [4.69, 9.17) is 4.74 Å². The SMILES string of the molecule is CCOc1ccc(S(=O)(=O)N(CC(=O)N2CCC[C@H](C)C2)c2ccccc2)cc1. The van der Waals surface area contributed by atoms with Crippen molar-refractivity contribution in [2.75, 3.05) is 30.5 Å². The standard InChI is InChI=1S/C22H28N2O4S/c1-3-28-20-11-13-21(14-12-20)29(26,27)24(19-9-5-4-6-10-19)17-22(25)23-15-7-8-18(2)16-23/h4-6,9-14,18H,3,7-8,15-17H2,1-2H3/t18-/m0/s1. The van der Waals surface area contributed by atoms with E-state index in [9.17, 15) is 13.2 Å². The number of hydrogen-bond donors (Lipinski definition) is 0. The van der Waals surface area contributed by atoms with Gasteiger partial charge in [0.25, 0.3) is 10.0 Å². The second-order valence-electron chi connectivity index (χ2n) is 7.34. The highest BCUT2D eigenvalue weighted by Crippen LogP contribution is 2.26. The minimum absolute atomic E-state index is 0.129. The predicted octanol–water partition coefficient (Wildman–Crippen LogP) is 3.54. The van der Waals surface area contributed by atoms with Crippen molar-refractivity contribution in [3.8, 4) is 5.75 Å². The van der Waals surface area contributed by atoms with Crippen molar-refractivity contribution in [3.63, 3.8) is 0 Å². The van der Waals surface area contributed by atoms with Crippen molar-refractivity contribution >= 4 is 21.6 Å². The van der Waals surface area contributed by atoms with Crippen molar-refractivity contribution in [2.45, 2.75) is 31.6 Å². The zero-order valence-electron chi connectivity index (χ0n) is 17.0. The number of carbonyl (C=O) groups is 1. The number of rotatable bonds is 7. The summed E-state index contributed by atoms with van der Waals surface area (Å²) in [6.45, 7) is 5.62. The molecule has 0 aliphatic carbocycles. The van der Waals surface area contributed by atoms with Gasteiger partial charge in [0.15, 0.2) is 0 Å². The molecular weight excluding hydrogens is 388 g/mol. The van der Waals surface area contributed by atoms with Crippen LogP contribution in [-0.2, 0) is 14.8 Å². The summed E-state index contributed by atoms with van der Waals surface area (Å²) in [5.74, 6) is 0.867. The number of para-hydroxylation sites is 1. The van der Waals surface area contributed by atoms with Gasteiger partial charge in [0, 0.05) is 13.1 Å². The Bertz CT molecular complexity index is 914. The minimum atomic E-state index is -3.90. The molecule has 2 aromatic carbocycles. The molecule has 29 heavy (non-hydrogen) atoms. The van der Waals surface area contributed by atoms with Crippen LogP contribution in [0.1, 0.15) is 26.7 Å². The molecule has 1 amide bonds. The van der Waals surface area contributed by atoms with Crippen LogP contribution in [-0.4, -0.2) is 45.5 Å². The molecule has 2 aromatic rings. The van der Waals surface area contributed by atoms with Gasteiger partial charge in [-0.05, 0) is 62.1 Å². The lowest BCUT2D eigenvalue weighted by Gasteiger charge is -2.33. The summed E-state index contributed by atoms with van der Waals surface area (Å²) in [6.07, 6.45) is 2.04. The van der Waals surface area contributed by atoms with E-state index >= 15 is 0 Å². The molecule has 0 bridgehead atoms. The Labute approximate surface area is 173 Å². The van der Waals surface area contributed by atoms with Gasteiger partial charge in [-0.1, -0.05) is 25.1 Å². The summed E-state index contributed by atoms with van der Waals surface area (Å²) in [5, 5.41) is 0. The summed E-state index contributed by atoms with van der Waals surface area (Å²) in [5.41, 5.74) is 0.472. The number of ether oxygens (including phenoxy) is 1. The van der Waals surface area contributed by atoms with E-state index in [1.54, 1.807) is 41.3 Å². The van der Waals surface area contributed by atoms with E-state index in [-0.39, 0.29) is 17.3 Å². The fourth-order valence-electron chi connectivity index (χ4n) is 3.55. The molecule has 3 rings (SSSR count). The van der Waals surface area contributed by atoms with Crippen LogP contribution in [0.3, 0.4) is 0 Å². The summed E-state index contributed by atoms with van der Waals surface area (Å²) < 4.78 is 33.4. The number of anilines is 1. The highest BCUT2D eigenvalue weighted by atomic mass is 32.2. The highest BCUT2D eigenvalue weighted by Gasteiger charge is 2.30. The molecule has 1 fully saturated rings. The van der Waals surface area contributed by atoms with E-state index in [1.807, 2.05) is 13.0 Å². The Hall–Kier alpha value is -2.54. The fourth-order valence-corrected chi connectivity index (χ4v) is 4.96. The van der Waals surface area contributed by atoms with Crippen LogP contribution in [0.2, 0.25) is 0 Å².